The topological polar surface area (TPSA) is 85.6 Å². The van der Waals surface area contributed by atoms with Crippen molar-refractivity contribution in [2.24, 2.45) is 0 Å². The number of amides is 1. The minimum absolute atomic E-state index is 0.0563. The van der Waals surface area contributed by atoms with Gasteiger partial charge in [0.25, 0.3) is 5.91 Å². The first-order chi connectivity index (χ1) is 14.3. The van der Waals surface area contributed by atoms with Crippen LogP contribution in [-0.2, 0) is 6.54 Å². The van der Waals surface area contributed by atoms with Crippen LogP contribution in [0.3, 0.4) is 0 Å². The summed E-state index contributed by atoms with van der Waals surface area (Å²) in [6.45, 7) is 3.72. The number of carbonyl (C=O) groups is 1. The van der Waals surface area contributed by atoms with E-state index < -0.39 is 0 Å². The second-order valence-corrected chi connectivity index (χ2v) is 6.98. The van der Waals surface area contributed by atoms with Crippen LogP contribution in [0.1, 0.15) is 15.9 Å². The Morgan fingerprint density at radius 3 is 2.52 bits per heavy atom. The molecule has 0 N–H and O–H groups in total. The average Bonchev–Trinajstić information content (AvgIpc) is 3.45. The molecule has 0 aliphatic carbocycles. The molecule has 0 atom stereocenters. The van der Waals surface area contributed by atoms with Gasteiger partial charge in [-0.1, -0.05) is 12.1 Å². The number of aromatic nitrogens is 4. The number of fused-ring (bicyclic) bond motifs is 1. The summed E-state index contributed by atoms with van der Waals surface area (Å²) in [5, 5.41) is 11.5. The van der Waals surface area contributed by atoms with Crippen LogP contribution in [0.15, 0.2) is 48.8 Å². The molecular weight excluding hydrogens is 372 g/mol. The van der Waals surface area contributed by atoms with Gasteiger partial charge in [0.2, 0.25) is 6.79 Å². The first kappa shape index (κ1) is 17.5. The summed E-state index contributed by atoms with van der Waals surface area (Å²) in [5.41, 5.74) is 2.80. The van der Waals surface area contributed by atoms with Crippen LogP contribution in [0, 0.1) is 0 Å². The second-order valence-electron chi connectivity index (χ2n) is 6.98. The molecule has 3 aromatic rings. The van der Waals surface area contributed by atoms with E-state index >= 15 is 0 Å². The quantitative estimate of drug-likeness (QED) is 0.664. The zero-order valence-corrected chi connectivity index (χ0v) is 15.8. The maximum absolute atomic E-state index is 12.9. The van der Waals surface area contributed by atoms with Gasteiger partial charge in [0, 0.05) is 43.5 Å². The lowest BCUT2D eigenvalue weighted by Gasteiger charge is -2.36. The molecule has 148 valence electrons. The maximum atomic E-state index is 12.9. The fraction of sp³-hybridized carbons (Fsp3) is 0.300. The van der Waals surface area contributed by atoms with Gasteiger partial charge in [0.05, 0.1) is 6.54 Å². The van der Waals surface area contributed by atoms with E-state index in [1.54, 1.807) is 0 Å². The number of tetrazole rings is 1. The van der Waals surface area contributed by atoms with Crippen LogP contribution < -0.4 is 14.4 Å². The number of anilines is 1. The van der Waals surface area contributed by atoms with Gasteiger partial charge < -0.3 is 19.3 Å². The Morgan fingerprint density at radius 2 is 1.76 bits per heavy atom. The Kier molecular flexibility index (Phi) is 4.47. The number of benzene rings is 2. The van der Waals surface area contributed by atoms with E-state index in [0.29, 0.717) is 25.2 Å². The summed E-state index contributed by atoms with van der Waals surface area (Å²) in [5.74, 6) is 1.62. The molecule has 1 aromatic heterocycles. The number of piperazine rings is 1. The molecule has 29 heavy (non-hydrogen) atoms. The van der Waals surface area contributed by atoms with Crippen molar-refractivity contribution >= 4 is 11.6 Å². The molecule has 9 heteroatoms. The molecule has 1 fully saturated rings. The third-order valence-electron chi connectivity index (χ3n) is 5.20. The highest BCUT2D eigenvalue weighted by Gasteiger charge is 2.23. The molecule has 0 saturated carbocycles. The largest absolute Gasteiger partial charge is 0.454 e. The third-order valence-corrected chi connectivity index (χ3v) is 5.20. The molecule has 0 radical (unpaired) electrons. The Balaban J connectivity index is 1.20. The van der Waals surface area contributed by atoms with Gasteiger partial charge in [-0.05, 0) is 35.0 Å². The molecule has 2 aliphatic heterocycles. The number of rotatable bonds is 4. The third kappa shape index (κ3) is 3.58. The van der Waals surface area contributed by atoms with Crippen molar-refractivity contribution in [3.05, 3.63) is 59.9 Å². The fourth-order valence-electron chi connectivity index (χ4n) is 3.61. The highest BCUT2D eigenvalue weighted by Crippen LogP contribution is 2.35. The summed E-state index contributed by atoms with van der Waals surface area (Å²) in [6, 6.07) is 13.6. The number of nitrogens with zero attached hydrogens (tertiary/aromatic N) is 6. The SMILES string of the molecule is O=C(c1ccc(Cn2ncnn2)cc1)N1CCN(c2ccc3c(c2)OCO3)CC1. The Labute approximate surface area is 167 Å². The van der Waals surface area contributed by atoms with Crippen molar-refractivity contribution in [1.82, 2.24) is 25.1 Å². The molecule has 0 bridgehead atoms. The monoisotopic (exact) mass is 392 g/mol. The van der Waals surface area contributed by atoms with E-state index in [-0.39, 0.29) is 12.7 Å². The maximum Gasteiger partial charge on any atom is 0.253 e. The van der Waals surface area contributed by atoms with Gasteiger partial charge >= 0.3 is 0 Å². The smallest absolute Gasteiger partial charge is 0.253 e. The second kappa shape index (κ2) is 7.42. The van der Waals surface area contributed by atoms with Crippen molar-refractivity contribution in [2.45, 2.75) is 6.54 Å². The lowest BCUT2D eigenvalue weighted by Crippen LogP contribution is -2.48. The molecule has 3 heterocycles. The fourth-order valence-corrected chi connectivity index (χ4v) is 3.61. The normalized spacial score (nSPS) is 15.6. The summed E-state index contributed by atoms with van der Waals surface area (Å²) < 4.78 is 10.8. The van der Waals surface area contributed by atoms with E-state index in [9.17, 15) is 4.79 Å². The predicted octanol–water partition coefficient (Wildman–Crippen LogP) is 1.41. The lowest BCUT2D eigenvalue weighted by molar-refractivity contribution is 0.0746. The highest BCUT2D eigenvalue weighted by atomic mass is 16.7. The molecule has 5 rings (SSSR count). The zero-order chi connectivity index (χ0) is 19.6. The van der Waals surface area contributed by atoms with E-state index in [0.717, 1.165) is 35.8 Å². The van der Waals surface area contributed by atoms with Crippen molar-refractivity contribution in [3.63, 3.8) is 0 Å². The van der Waals surface area contributed by atoms with Crippen LogP contribution in [0.4, 0.5) is 5.69 Å². The van der Waals surface area contributed by atoms with Crippen LogP contribution in [0.25, 0.3) is 0 Å². The molecule has 1 amide bonds. The van der Waals surface area contributed by atoms with E-state index in [1.165, 1.54) is 11.1 Å². The molecule has 0 unspecified atom stereocenters. The Hall–Kier alpha value is -3.62. The van der Waals surface area contributed by atoms with Crippen molar-refractivity contribution < 1.29 is 14.3 Å². The summed E-state index contributed by atoms with van der Waals surface area (Å²) in [4.78, 5) is 18.5. The molecular formula is C20H20N6O3. The van der Waals surface area contributed by atoms with Gasteiger partial charge in [-0.2, -0.15) is 4.80 Å². The number of ether oxygens (including phenoxy) is 2. The van der Waals surface area contributed by atoms with Gasteiger partial charge in [-0.3, -0.25) is 4.79 Å². The number of hydrogen-bond donors (Lipinski definition) is 0. The average molecular weight is 392 g/mol. The van der Waals surface area contributed by atoms with Crippen LogP contribution in [-0.4, -0.2) is 64.0 Å². The zero-order valence-electron chi connectivity index (χ0n) is 15.8. The number of carbonyl (C=O) groups excluding carboxylic acids is 1. The van der Waals surface area contributed by atoms with Gasteiger partial charge in [0.1, 0.15) is 0 Å². The Morgan fingerprint density at radius 1 is 0.966 bits per heavy atom. The summed E-state index contributed by atoms with van der Waals surface area (Å²) in [6.07, 6.45) is 1.40. The molecule has 2 aliphatic rings. The van der Waals surface area contributed by atoms with Crippen molar-refractivity contribution in [1.29, 1.82) is 0 Å². The van der Waals surface area contributed by atoms with Crippen LogP contribution in [0.5, 0.6) is 11.5 Å². The van der Waals surface area contributed by atoms with E-state index in [4.69, 9.17) is 9.47 Å². The first-order valence-electron chi connectivity index (χ1n) is 9.50. The predicted molar refractivity (Wildman–Crippen MR) is 104 cm³/mol. The molecule has 1 saturated heterocycles. The van der Waals surface area contributed by atoms with Crippen molar-refractivity contribution in [2.75, 3.05) is 37.9 Å². The number of hydrogen-bond acceptors (Lipinski definition) is 7. The molecule has 0 spiro atoms. The van der Waals surface area contributed by atoms with E-state index in [2.05, 4.69) is 20.3 Å². The van der Waals surface area contributed by atoms with Gasteiger partial charge in [0.15, 0.2) is 17.8 Å². The van der Waals surface area contributed by atoms with Gasteiger partial charge in [-0.15, -0.1) is 10.2 Å². The summed E-state index contributed by atoms with van der Waals surface area (Å²) in [7, 11) is 0. The minimum atomic E-state index is 0.0563. The van der Waals surface area contributed by atoms with Crippen LogP contribution in [0.2, 0.25) is 0 Å². The lowest BCUT2D eigenvalue weighted by atomic mass is 10.1. The molecule has 2 aromatic carbocycles. The summed E-state index contributed by atoms with van der Waals surface area (Å²) >= 11 is 0. The molecule has 9 nitrogen and oxygen atoms in total. The van der Waals surface area contributed by atoms with Crippen LogP contribution >= 0.6 is 0 Å². The van der Waals surface area contributed by atoms with Gasteiger partial charge in [-0.25, -0.2) is 0 Å². The standard InChI is InChI=1S/C20H20N6O3/c27-20(16-3-1-15(2-4-16)12-26-22-13-21-23-26)25-9-7-24(8-10-25)17-5-6-18-19(11-17)29-14-28-18/h1-6,11,13H,7-10,12,14H2. The van der Waals surface area contributed by atoms with E-state index in [1.807, 2.05) is 47.4 Å². The highest BCUT2D eigenvalue weighted by molar-refractivity contribution is 5.94. The Bertz CT molecular complexity index is 998. The van der Waals surface area contributed by atoms with Crippen molar-refractivity contribution in [3.8, 4) is 11.5 Å². The minimum Gasteiger partial charge on any atom is -0.454 e. The first-order valence-corrected chi connectivity index (χ1v) is 9.50.